The van der Waals surface area contributed by atoms with Gasteiger partial charge in [-0.1, -0.05) is 0 Å². The highest BCUT2D eigenvalue weighted by Gasteiger charge is 2.17. The molecule has 0 bridgehead atoms. The molecule has 0 spiro atoms. The largest absolute Gasteiger partial charge is 0.490 e. The van der Waals surface area contributed by atoms with Crippen molar-refractivity contribution in [3.05, 3.63) is 24.3 Å². The van der Waals surface area contributed by atoms with Gasteiger partial charge in [-0.2, -0.15) is 0 Å². The van der Waals surface area contributed by atoms with Crippen molar-refractivity contribution in [3.63, 3.8) is 0 Å². The minimum atomic E-state index is 0.447. The van der Waals surface area contributed by atoms with Crippen molar-refractivity contribution in [2.45, 2.75) is 50.7 Å². The molecule has 0 amide bonds. The Hall–Kier alpha value is -1.22. The molecule has 0 atom stereocenters. The summed E-state index contributed by atoms with van der Waals surface area (Å²) in [4.78, 5) is 2.40. The summed E-state index contributed by atoms with van der Waals surface area (Å²) in [6.07, 6.45) is 7.99. The normalized spacial score (nSPS) is 22.1. The minimum absolute atomic E-state index is 0.447. The maximum absolute atomic E-state index is 6.00. The first-order valence-electron chi connectivity index (χ1n) is 8.01. The van der Waals surface area contributed by atoms with E-state index in [0.717, 1.165) is 5.75 Å². The van der Waals surface area contributed by atoms with Crippen LogP contribution in [0.2, 0.25) is 0 Å². The lowest BCUT2D eigenvalue weighted by atomic mass is 10.1. The molecule has 3 heteroatoms. The zero-order valence-electron chi connectivity index (χ0n) is 12.5. The lowest BCUT2D eigenvalue weighted by Gasteiger charge is -2.30. The van der Waals surface area contributed by atoms with Gasteiger partial charge in [0.25, 0.3) is 0 Å². The average Bonchev–Trinajstić information content (AvgIpc) is 2.96. The van der Waals surface area contributed by atoms with Crippen LogP contribution in [0.1, 0.15) is 38.5 Å². The molecule has 2 aliphatic rings. The Balaban J connectivity index is 1.50. The molecule has 3 nitrogen and oxygen atoms in total. The van der Waals surface area contributed by atoms with Gasteiger partial charge in [-0.3, -0.25) is 0 Å². The van der Waals surface area contributed by atoms with Crippen molar-refractivity contribution in [2.75, 3.05) is 25.5 Å². The molecule has 1 aliphatic heterocycles. The molecule has 1 heterocycles. The van der Waals surface area contributed by atoms with E-state index in [1.165, 1.54) is 57.3 Å². The number of nitrogens with zero attached hydrogens (tertiary/aromatic N) is 1. The number of ether oxygens (including phenoxy) is 1. The third kappa shape index (κ3) is 3.66. The first-order valence-corrected chi connectivity index (χ1v) is 8.01. The smallest absolute Gasteiger partial charge is 0.119 e. The molecule has 1 N–H and O–H groups in total. The third-order valence-electron chi connectivity index (χ3n) is 4.55. The lowest BCUT2D eigenvalue weighted by molar-refractivity contribution is 0.210. The highest BCUT2D eigenvalue weighted by molar-refractivity contribution is 5.47. The number of anilines is 1. The molecule has 110 valence electrons. The SMILES string of the molecule is CN1CCC(Nc2ccc(OC3CCCC3)cc2)CC1. The maximum atomic E-state index is 6.00. The molecule has 3 rings (SSSR count). The van der Waals surface area contributed by atoms with Crippen molar-refractivity contribution in [3.8, 4) is 5.75 Å². The van der Waals surface area contributed by atoms with Crippen LogP contribution in [0.5, 0.6) is 5.75 Å². The van der Waals surface area contributed by atoms with Gasteiger partial charge in [0.1, 0.15) is 5.75 Å². The fourth-order valence-corrected chi connectivity index (χ4v) is 3.22. The Kier molecular flexibility index (Phi) is 4.46. The van der Waals surface area contributed by atoms with Crippen LogP contribution in [0.4, 0.5) is 5.69 Å². The van der Waals surface area contributed by atoms with E-state index in [1.54, 1.807) is 0 Å². The number of benzene rings is 1. The lowest BCUT2D eigenvalue weighted by Crippen LogP contribution is -2.36. The topological polar surface area (TPSA) is 24.5 Å². The molecule has 2 fully saturated rings. The van der Waals surface area contributed by atoms with Gasteiger partial charge in [0.05, 0.1) is 6.10 Å². The summed E-state index contributed by atoms with van der Waals surface area (Å²) in [5.41, 5.74) is 1.22. The number of hydrogen-bond donors (Lipinski definition) is 1. The van der Waals surface area contributed by atoms with Gasteiger partial charge in [-0.05, 0) is 82.9 Å². The molecular weight excluding hydrogens is 248 g/mol. The van der Waals surface area contributed by atoms with Crippen LogP contribution >= 0.6 is 0 Å². The molecule has 20 heavy (non-hydrogen) atoms. The van der Waals surface area contributed by atoms with Crippen molar-refractivity contribution in [1.29, 1.82) is 0 Å². The Morgan fingerprint density at radius 1 is 1.00 bits per heavy atom. The highest BCUT2D eigenvalue weighted by Crippen LogP contribution is 2.25. The average molecular weight is 274 g/mol. The summed E-state index contributed by atoms with van der Waals surface area (Å²) in [5, 5.41) is 3.64. The van der Waals surface area contributed by atoms with Gasteiger partial charge < -0.3 is 15.0 Å². The first-order chi connectivity index (χ1) is 9.79. The minimum Gasteiger partial charge on any atom is -0.490 e. The number of nitrogens with one attached hydrogen (secondary N) is 1. The standard InChI is InChI=1S/C17H26N2O/c1-19-12-10-15(11-13-19)18-14-6-8-17(9-7-14)20-16-4-2-3-5-16/h6-9,15-16,18H,2-5,10-13H2,1H3. The van der Waals surface area contributed by atoms with Gasteiger partial charge in [-0.15, -0.1) is 0 Å². The number of piperidine rings is 1. The molecule has 1 saturated carbocycles. The van der Waals surface area contributed by atoms with Crippen LogP contribution in [0, 0.1) is 0 Å². The molecule has 0 aromatic heterocycles. The summed E-state index contributed by atoms with van der Waals surface area (Å²) in [6.45, 7) is 2.39. The van der Waals surface area contributed by atoms with Crippen LogP contribution in [-0.2, 0) is 0 Å². The first kappa shape index (κ1) is 13.7. The molecule has 1 aromatic carbocycles. The molecule has 1 aromatic rings. The molecule has 0 radical (unpaired) electrons. The molecular formula is C17H26N2O. The fourth-order valence-electron chi connectivity index (χ4n) is 3.22. The van der Waals surface area contributed by atoms with E-state index in [2.05, 4.69) is 41.5 Å². The summed E-state index contributed by atoms with van der Waals surface area (Å²) in [6, 6.07) is 9.14. The Bertz CT molecular complexity index is 404. The second-order valence-corrected chi connectivity index (χ2v) is 6.27. The van der Waals surface area contributed by atoms with E-state index in [0.29, 0.717) is 12.1 Å². The molecule has 0 unspecified atom stereocenters. The molecule has 1 aliphatic carbocycles. The summed E-state index contributed by atoms with van der Waals surface area (Å²) >= 11 is 0. The van der Waals surface area contributed by atoms with Crippen LogP contribution in [-0.4, -0.2) is 37.2 Å². The second-order valence-electron chi connectivity index (χ2n) is 6.27. The van der Waals surface area contributed by atoms with Crippen LogP contribution in [0.3, 0.4) is 0 Å². The van der Waals surface area contributed by atoms with Gasteiger partial charge in [0.15, 0.2) is 0 Å². The maximum Gasteiger partial charge on any atom is 0.119 e. The van der Waals surface area contributed by atoms with E-state index in [9.17, 15) is 0 Å². The fraction of sp³-hybridized carbons (Fsp3) is 0.647. The highest BCUT2D eigenvalue weighted by atomic mass is 16.5. The summed E-state index contributed by atoms with van der Waals surface area (Å²) in [7, 11) is 2.20. The van der Waals surface area contributed by atoms with Gasteiger partial charge in [0.2, 0.25) is 0 Å². The predicted molar refractivity (Wildman–Crippen MR) is 83.5 cm³/mol. The predicted octanol–water partition coefficient (Wildman–Crippen LogP) is 3.51. The zero-order chi connectivity index (χ0) is 13.8. The number of rotatable bonds is 4. The Morgan fingerprint density at radius 2 is 1.65 bits per heavy atom. The zero-order valence-corrected chi connectivity index (χ0v) is 12.5. The van der Waals surface area contributed by atoms with Gasteiger partial charge in [0, 0.05) is 11.7 Å². The quantitative estimate of drug-likeness (QED) is 0.909. The van der Waals surface area contributed by atoms with Gasteiger partial charge >= 0.3 is 0 Å². The second kappa shape index (κ2) is 6.49. The number of likely N-dealkylation sites (tertiary alicyclic amines) is 1. The van der Waals surface area contributed by atoms with Crippen LogP contribution in [0.15, 0.2) is 24.3 Å². The monoisotopic (exact) mass is 274 g/mol. The Morgan fingerprint density at radius 3 is 2.30 bits per heavy atom. The van der Waals surface area contributed by atoms with Crippen LogP contribution in [0.25, 0.3) is 0 Å². The van der Waals surface area contributed by atoms with Crippen LogP contribution < -0.4 is 10.1 Å². The third-order valence-corrected chi connectivity index (χ3v) is 4.55. The van der Waals surface area contributed by atoms with Crippen molar-refractivity contribution < 1.29 is 4.74 Å². The number of hydrogen-bond acceptors (Lipinski definition) is 3. The van der Waals surface area contributed by atoms with Crippen molar-refractivity contribution >= 4 is 5.69 Å². The molecule has 1 saturated heterocycles. The van der Waals surface area contributed by atoms with Gasteiger partial charge in [-0.25, -0.2) is 0 Å². The Labute approximate surface area is 122 Å². The van der Waals surface area contributed by atoms with E-state index in [-0.39, 0.29) is 0 Å². The summed E-state index contributed by atoms with van der Waals surface area (Å²) in [5.74, 6) is 1.02. The van der Waals surface area contributed by atoms with Crippen molar-refractivity contribution in [2.24, 2.45) is 0 Å². The van der Waals surface area contributed by atoms with E-state index in [4.69, 9.17) is 4.74 Å². The van der Waals surface area contributed by atoms with E-state index >= 15 is 0 Å². The van der Waals surface area contributed by atoms with Crippen molar-refractivity contribution in [1.82, 2.24) is 4.90 Å². The summed E-state index contributed by atoms with van der Waals surface area (Å²) < 4.78 is 6.00. The van der Waals surface area contributed by atoms with E-state index < -0.39 is 0 Å². The van der Waals surface area contributed by atoms with E-state index in [1.807, 2.05) is 0 Å².